The summed E-state index contributed by atoms with van der Waals surface area (Å²) in [6.45, 7) is 0. The van der Waals surface area contributed by atoms with Crippen molar-refractivity contribution in [3.8, 4) is 0 Å². The fourth-order valence-electron chi connectivity index (χ4n) is 2.73. The van der Waals surface area contributed by atoms with Crippen LogP contribution in [0.25, 0.3) is 0 Å². The molecule has 0 spiro atoms. The molecule has 0 bridgehead atoms. The van der Waals surface area contributed by atoms with Crippen LogP contribution in [0.2, 0.25) is 0 Å². The molecular weight excluding hydrogens is 360 g/mol. The van der Waals surface area contributed by atoms with E-state index in [2.05, 4.69) is 60.7 Å². The van der Waals surface area contributed by atoms with E-state index in [9.17, 15) is 4.79 Å². The second kappa shape index (κ2) is 12.9. The summed E-state index contributed by atoms with van der Waals surface area (Å²) in [5.41, 5.74) is 2.75. The number of rotatable bonds is 13. The molecule has 0 aromatic heterocycles. The van der Waals surface area contributed by atoms with Crippen LogP contribution in [0.4, 0.5) is 0 Å². The van der Waals surface area contributed by atoms with E-state index in [1.54, 1.807) is 0 Å². The highest BCUT2D eigenvalue weighted by Gasteiger charge is 2.10. The van der Waals surface area contributed by atoms with Crippen molar-refractivity contribution >= 4 is 29.5 Å². The summed E-state index contributed by atoms with van der Waals surface area (Å²) in [5.74, 6) is 2.57. The van der Waals surface area contributed by atoms with E-state index in [4.69, 9.17) is 5.11 Å². The molecule has 0 unspecified atom stereocenters. The van der Waals surface area contributed by atoms with Crippen LogP contribution in [0.3, 0.4) is 0 Å². The average molecular weight is 389 g/mol. The van der Waals surface area contributed by atoms with Crippen molar-refractivity contribution in [3.63, 3.8) is 0 Å². The van der Waals surface area contributed by atoms with Gasteiger partial charge in [0.15, 0.2) is 0 Å². The highest BCUT2D eigenvalue weighted by atomic mass is 32.2. The van der Waals surface area contributed by atoms with Crippen molar-refractivity contribution in [2.45, 2.75) is 48.9 Å². The van der Waals surface area contributed by atoms with Gasteiger partial charge in [0.25, 0.3) is 0 Å². The van der Waals surface area contributed by atoms with Crippen molar-refractivity contribution in [2.75, 3.05) is 5.75 Å². The van der Waals surface area contributed by atoms with E-state index in [0.29, 0.717) is 11.7 Å². The minimum absolute atomic E-state index is 0.291. The maximum atomic E-state index is 10.7. The Labute approximate surface area is 165 Å². The molecule has 1 N–H and O–H groups in total. The summed E-state index contributed by atoms with van der Waals surface area (Å²) in [6.07, 6.45) is 4.37. The Balaban J connectivity index is 1.72. The molecule has 0 radical (unpaired) electrons. The molecule has 0 saturated carbocycles. The monoisotopic (exact) mass is 388 g/mol. The minimum atomic E-state index is -0.683. The molecule has 0 saturated heterocycles. The number of carboxylic acids is 1. The first-order chi connectivity index (χ1) is 12.7. The Kier molecular flexibility index (Phi) is 10.4. The fourth-order valence-corrected chi connectivity index (χ4v) is 5.14. The Morgan fingerprint density at radius 3 is 2.08 bits per heavy atom. The smallest absolute Gasteiger partial charge is 0.303 e. The van der Waals surface area contributed by atoms with Gasteiger partial charge in [0.1, 0.15) is 0 Å². The highest BCUT2D eigenvalue weighted by molar-refractivity contribution is 7.99. The van der Waals surface area contributed by atoms with Crippen LogP contribution in [0.1, 0.15) is 43.2 Å². The third kappa shape index (κ3) is 9.35. The minimum Gasteiger partial charge on any atom is -0.481 e. The molecule has 26 heavy (non-hydrogen) atoms. The fraction of sp³-hybridized carbons (Fsp3) is 0.409. The van der Waals surface area contributed by atoms with Gasteiger partial charge in [-0.2, -0.15) is 23.5 Å². The van der Waals surface area contributed by atoms with Gasteiger partial charge in [-0.3, -0.25) is 4.79 Å². The third-order valence-electron chi connectivity index (χ3n) is 4.19. The highest BCUT2D eigenvalue weighted by Crippen LogP contribution is 2.27. The summed E-state index contributed by atoms with van der Waals surface area (Å²) in [5, 5.41) is 9.41. The van der Waals surface area contributed by atoms with Crippen LogP contribution in [0.5, 0.6) is 0 Å². The quantitative estimate of drug-likeness (QED) is 0.411. The number of thioether (sulfide) groups is 2. The molecule has 0 heterocycles. The van der Waals surface area contributed by atoms with E-state index in [1.807, 2.05) is 23.5 Å². The summed E-state index contributed by atoms with van der Waals surface area (Å²) in [6, 6.07) is 21.2. The first-order valence-electron chi connectivity index (χ1n) is 9.23. The molecular formula is C22H28O2S2. The van der Waals surface area contributed by atoms with E-state index in [1.165, 1.54) is 17.5 Å². The van der Waals surface area contributed by atoms with Crippen molar-refractivity contribution in [1.82, 2.24) is 0 Å². The predicted molar refractivity (Wildman–Crippen MR) is 115 cm³/mol. The molecule has 0 aliphatic carbocycles. The summed E-state index contributed by atoms with van der Waals surface area (Å²) in [7, 11) is 0. The topological polar surface area (TPSA) is 37.3 Å². The Morgan fingerprint density at radius 2 is 1.46 bits per heavy atom. The van der Waals surface area contributed by atoms with Crippen LogP contribution < -0.4 is 0 Å². The SMILES string of the molecule is O=C(O)CCCC[C@@H](CCSCc1ccccc1)SCc1ccccc1. The lowest BCUT2D eigenvalue weighted by molar-refractivity contribution is -0.137. The zero-order chi connectivity index (χ0) is 18.5. The summed E-state index contributed by atoms with van der Waals surface area (Å²) < 4.78 is 0. The molecule has 0 amide bonds. The van der Waals surface area contributed by atoms with Gasteiger partial charge < -0.3 is 5.11 Å². The van der Waals surface area contributed by atoms with Gasteiger partial charge in [-0.15, -0.1) is 0 Å². The number of hydrogen-bond acceptors (Lipinski definition) is 3. The van der Waals surface area contributed by atoms with Crippen molar-refractivity contribution in [1.29, 1.82) is 0 Å². The lowest BCUT2D eigenvalue weighted by Crippen LogP contribution is -2.06. The first kappa shape index (κ1) is 20.9. The lowest BCUT2D eigenvalue weighted by atomic mass is 10.1. The van der Waals surface area contributed by atoms with E-state index in [0.717, 1.165) is 36.5 Å². The molecule has 2 aromatic rings. The largest absolute Gasteiger partial charge is 0.481 e. The maximum Gasteiger partial charge on any atom is 0.303 e. The van der Waals surface area contributed by atoms with Gasteiger partial charge >= 0.3 is 5.97 Å². The van der Waals surface area contributed by atoms with Crippen LogP contribution in [0.15, 0.2) is 60.7 Å². The molecule has 2 aromatic carbocycles. The second-order valence-corrected chi connectivity index (χ2v) is 8.78. The molecule has 2 rings (SSSR count). The summed E-state index contributed by atoms with van der Waals surface area (Å²) >= 11 is 4.01. The Morgan fingerprint density at radius 1 is 0.846 bits per heavy atom. The van der Waals surface area contributed by atoms with Crippen molar-refractivity contribution in [2.24, 2.45) is 0 Å². The molecule has 1 atom stereocenters. The molecule has 4 heteroatoms. The van der Waals surface area contributed by atoms with Gasteiger partial charge in [-0.05, 0) is 36.1 Å². The van der Waals surface area contributed by atoms with Gasteiger partial charge in [0, 0.05) is 23.2 Å². The molecule has 2 nitrogen and oxygen atoms in total. The second-order valence-electron chi connectivity index (χ2n) is 6.38. The van der Waals surface area contributed by atoms with Gasteiger partial charge in [-0.1, -0.05) is 67.1 Å². The van der Waals surface area contributed by atoms with Crippen LogP contribution in [-0.4, -0.2) is 22.1 Å². The predicted octanol–water partition coefficient (Wildman–Crippen LogP) is 6.26. The number of benzene rings is 2. The van der Waals surface area contributed by atoms with E-state index < -0.39 is 5.97 Å². The molecule has 0 aliphatic rings. The zero-order valence-electron chi connectivity index (χ0n) is 15.2. The number of carboxylic acid groups (broad SMARTS) is 1. The Hall–Kier alpha value is -1.39. The van der Waals surface area contributed by atoms with Crippen LogP contribution in [0, 0.1) is 0 Å². The first-order valence-corrected chi connectivity index (χ1v) is 11.4. The number of hydrogen-bond donors (Lipinski definition) is 1. The van der Waals surface area contributed by atoms with E-state index >= 15 is 0 Å². The number of aliphatic carboxylic acids is 1. The number of carbonyl (C=O) groups is 1. The van der Waals surface area contributed by atoms with E-state index in [-0.39, 0.29) is 0 Å². The third-order valence-corrected chi connectivity index (χ3v) is 6.70. The normalized spacial score (nSPS) is 12.0. The summed E-state index contributed by atoms with van der Waals surface area (Å²) in [4.78, 5) is 10.7. The van der Waals surface area contributed by atoms with Crippen LogP contribution in [-0.2, 0) is 16.3 Å². The van der Waals surface area contributed by atoms with Gasteiger partial charge in [-0.25, -0.2) is 0 Å². The average Bonchev–Trinajstić information content (AvgIpc) is 2.67. The molecule has 140 valence electrons. The van der Waals surface area contributed by atoms with Gasteiger partial charge in [0.05, 0.1) is 0 Å². The van der Waals surface area contributed by atoms with Crippen molar-refractivity contribution < 1.29 is 9.90 Å². The lowest BCUT2D eigenvalue weighted by Gasteiger charge is -2.16. The Bertz CT molecular complexity index is 617. The van der Waals surface area contributed by atoms with Crippen molar-refractivity contribution in [3.05, 3.63) is 71.8 Å². The molecule has 0 aliphatic heterocycles. The van der Waals surface area contributed by atoms with Gasteiger partial charge in [0.2, 0.25) is 0 Å². The molecule has 0 fully saturated rings. The zero-order valence-corrected chi connectivity index (χ0v) is 16.8. The maximum absolute atomic E-state index is 10.7. The standard InChI is InChI=1S/C22H28O2S2/c23-22(24)14-8-7-13-21(26-18-20-11-5-2-6-12-20)15-16-25-17-19-9-3-1-4-10-19/h1-6,9-12,21H,7-8,13-18H2,(H,23,24)/t21-/m0/s1. The number of unbranched alkanes of at least 4 members (excludes halogenated alkanes) is 1. The van der Waals surface area contributed by atoms with Crippen LogP contribution >= 0.6 is 23.5 Å².